The van der Waals surface area contributed by atoms with Crippen molar-refractivity contribution in [1.29, 1.82) is 0 Å². The van der Waals surface area contributed by atoms with E-state index in [1.54, 1.807) is 20.3 Å². The van der Waals surface area contributed by atoms with Gasteiger partial charge in [0.15, 0.2) is 11.6 Å². The number of aliphatic hydroxyl groups is 1. The van der Waals surface area contributed by atoms with Crippen LogP contribution in [0, 0.1) is 0 Å². The minimum atomic E-state index is -1.33. The van der Waals surface area contributed by atoms with Crippen LogP contribution in [0.25, 0.3) is 0 Å². The van der Waals surface area contributed by atoms with Crippen LogP contribution in [0.1, 0.15) is 34.8 Å². The summed E-state index contributed by atoms with van der Waals surface area (Å²) < 4.78 is 24.0. The average Bonchev–Trinajstić information content (AvgIpc) is 3.44. The summed E-state index contributed by atoms with van der Waals surface area (Å²) in [5.74, 6) is 2.02. The third-order valence-electron chi connectivity index (χ3n) is 7.40. The van der Waals surface area contributed by atoms with Crippen molar-refractivity contribution in [2.75, 3.05) is 27.4 Å². The van der Waals surface area contributed by atoms with Crippen LogP contribution in [0.3, 0.4) is 0 Å². The Morgan fingerprint density at radius 2 is 1.59 bits per heavy atom. The second kappa shape index (κ2) is 14.4. The molecule has 0 unspecified atom stereocenters. The van der Waals surface area contributed by atoms with E-state index in [9.17, 15) is 4.79 Å². The molecule has 44 heavy (non-hydrogen) atoms. The first-order chi connectivity index (χ1) is 21.5. The summed E-state index contributed by atoms with van der Waals surface area (Å²) in [7, 11) is 3.18. The number of nitrogens with zero attached hydrogens (tertiary/aromatic N) is 1. The molecule has 2 atom stereocenters. The van der Waals surface area contributed by atoms with Gasteiger partial charge in [0.1, 0.15) is 17.2 Å². The number of hydrogen-bond donors (Lipinski definition) is 2. The predicted molar refractivity (Wildman–Crippen MR) is 172 cm³/mol. The third-order valence-corrected chi connectivity index (χ3v) is 8.12. The van der Waals surface area contributed by atoms with Crippen molar-refractivity contribution in [3.63, 3.8) is 0 Å². The largest absolute Gasteiger partial charge is 0.497 e. The number of hydrogen-bond acceptors (Lipinski definition) is 7. The molecule has 1 aliphatic heterocycles. The molecule has 1 aliphatic rings. The van der Waals surface area contributed by atoms with Crippen molar-refractivity contribution in [3.8, 4) is 17.2 Å². The first-order valence-corrected chi connectivity index (χ1v) is 15.1. The van der Waals surface area contributed by atoms with Crippen LogP contribution < -0.4 is 19.5 Å². The van der Waals surface area contributed by atoms with Crippen LogP contribution in [0.4, 0.5) is 0 Å². The molecule has 9 heteroatoms. The van der Waals surface area contributed by atoms with Crippen LogP contribution in [-0.2, 0) is 22.5 Å². The van der Waals surface area contributed by atoms with E-state index in [1.807, 2.05) is 91.0 Å². The lowest BCUT2D eigenvalue weighted by Crippen LogP contribution is -2.49. The highest BCUT2D eigenvalue weighted by atomic mass is 79.9. The van der Waals surface area contributed by atoms with Gasteiger partial charge in [-0.15, -0.1) is 0 Å². The van der Waals surface area contributed by atoms with Gasteiger partial charge in [0.2, 0.25) is 5.90 Å². The SMILES string of the molecule is COc1cc(CNC(=O)[C@]2(Cc3ccccc3)N=C(c3ccc(OCCCO)cc3)O[C@@H]2c2ccccc2Br)cc(OC)c1. The van der Waals surface area contributed by atoms with Crippen molar-refractivity contribution >= 4 is 27.7 Å². The van der Waals surface area contributed by atoms with Gasteiger partial charge in [0.05, 0.1) is 20.8 Å². The number of carbonyl (C=O) groups is 1. The summed E-state index contributed by atoms with van der Waals surface area (Å²) in [6.07, 6.45) is 0.123. The smallest absolute Gasteiger partial charge is 0.252 e. The highest BCUT2D eigenvalue weighted by Gasteiger charge is 2.53. The summed E-state index contributed by atoms with van der Waals surface area (Å²) in [5.41, 5.74) is 1.96. The Bertz CT molecular complexity index is 1570. The second-order valence-corrected chi connectivity index (χ2v) is 11.2. The van der Waals surface area contributed by atoms with E-state index in [2.05, 4.69) is 21.2 Å². The summed E-state index contributed by atoms with van der Waals surface area (Å²) in [4.78, 5) is 19.6. The first kappa shape index (κ1) is 31.1. The van der Waals surface area contributed by atoms with E-state index in [4.69, 9.17) is 29.0 Å². The Labute approximate surface area is 265 Å². The van der Waals surface area contributed by atoms with E-state index >= 15 is 0 Å². The quantitative estimate of drug-likeness (QED) is 0.170. The zero-order valence-electron chi connectivity index (χ0n) is 24.7. The molecule has 0 spiro atoms. The molecular formula is C35H35BrN2O6. The van der Waals surface area contributed by atoms with Crippen molar-refractivity contribution < 1.29 is 28.8 Å². The number of amides is 1. The molecule has 5 rings (SSSR count). The molecule has 4 aromatic rings. The molecule has 0 aromatic heterocycles. The van der Waals surface area contributed by atoms with Gasteiger partial charge < -0.3 is 29.4 Å². The van der Waals surface area contributed by atoms with Gasteiger partial charge in [0, 0.05) is 47.7 Å². The molecular weight excluding hydrogens is 624 g/mol. The molecule has 8 nitrogen and oxygen atoms in total. The summed E-state index contributed by atoms with van der Waals surface area (Å²) in [6.45, 7) is 0.712. The number of aliphatic imine (C=N–C) groups is 1. The maximum Gasteiger partial charge on any atom is 0.252 e. The van der Waals surface area contributed by atoms with E-state index in [-0.39, 0.29) is 19.1 Å². The van der Waals surface area contributed by atoms with Gasteiger partial charge in [-0.2, -0.15) is 0 Å². The number of ether oxygens (including phenoxy) is 4. The van der Waals surface area contributed by atoms with E-state index < -0.39 is 11.6 Å². The van der Waals surface area contributed by atoms with Crippen LogP contribution >= 0.6 is 15.9 Å². The van der Waals surface area contributed by atoms with Gasteiger partial charge in [-0.3, -0.25) is 4.79 Å². The van der Waals surface area contributed by atoms with Crippen molar-refractivity contribution in [3.05, 3.63) is 124 Å². The number of methoxy groups -OCH3 is 2. The molecule has 1 heterocycles. The molecule has 4 aromatic carbocycles. The fraction of sp³-hybridized carbons (Fsp3) is 0.257. The zero-order valence-corrected chi connectivity index (χ0v) is 26.3. The number of halogens is 1. The average molecular weight is 660 g/mol. The number of rotatable bonds is 13. The number of carbonyl (C=O) groups excluding carboxylic acids is 1. The number of nitrogens with one attached hydrogen (secondary N) is 1. The highest BCUT2D eigenvalue weighted by molar-refractivity contribution is 9.10. The fourth-order valence-corrected chi connectivity index (χ4v) is 5.65. The van der Waals surface area contributed by atoms with E-state index in [0.29, 0.717) is 42.6 Å². The molecule has 2 N–H and O–H groups in total. The molecule has 0 saturated heterocycles. The highest BCUT2D eigenvalue weighted by Crippen LogP contribution is 2.44. The van der Waals surface area contributed by atoms with E-state index in [1.165, 1.54) is 0 Å². The maximum absolute atomic E-state index is 14.5. The summed E-state index contributed by atoms with van der Waals surface area (Å²) >= 11 is 3.69. The maximum atomic E-state index is 14.5. The van der Waals surface area contributed by atoms with Gasteiger partial charge >= 0.3 is 0 Å². The Balaban J connectivity index is 1.55. The summed E-state index contributed by atoms with van der Waals surface area (Å²) in [5, 5.41) is 12.2. The summed E-state index contributed by atoms with van der Waals surface area (Å²) in [6, 6.07) is 30.5. The second-order valence-electron chi connectivity index (χ2n) is 10.4. The minimum Gasteiger partial charge on any atom is -0.497 e. The lowest BCUT2D eigenvalue weighted by molar-refractivity contribution is -0.129. The fourth-order valence-electron chi connectivity index (χ4n) is 5.16. The number of aliphatic hydroxyl groups excluding tert-OH is 1. The van der Waals surface area contributed by atoms with Crippen LogP contribution in [0.15, 0.2) is 107 Å². The van der Waals surface area contributed by atoms with Crippen LogP contribution in [-0.4, -0.2) is 49.9 Å². The first-order valence-electron chi connectivity index (χ1n) is 14.3. The standard InChI is InChI=1S/C35H35BrN2O6/c1-41-28-19-25(20-29(21-28)42-2)23-37-34(40)35(22-24-9-4-3-5-10-24)32(30-11-6-7-12-31(30)36)44-33(38-35)26-13-15-27(16-14-26)43-18-8-17-39/h3-7,9-16,19-21,32,39H,8,17-18,22-23H2,1-2H3,(H,37,40)/t32-,35-/m1/s1. The molecule has 1 amide bonds. The van der Waals surface area contributed by atoms with Crippen molar-refractivity contribution in [1.82, 2.24) is 5.32 Å². The van der Waals surface area contributed by atoms with Crippen molar-refractivity contribution in [2.45, 2.75) is 31.0 Å². The Morgan fingerprint density at radius 3 is 2.25 bits per heavy atom. The van der Waals surface area contributed by atoms with Crippen molar-refractivity contribution in [2.24, 2.45) is 4.99 Å². The molecule has 228 valence electrons. The lowest BCUT2D eigenvalue weighted by atomic mass is 9.82. The van der Waals surface area contributed by atoms with Crippen LogP contribution in [0.2, 0.25) is 0 Å². The monoisotopic (exact) mass is 658 g/mol. The van der Waals surface area contributed by atoms with Gasteiger partial charge in [-0.25, -0.2) is 4.99 Å². The topological polar surface area (TPSA) is 98.6 Å². The normalized spacial score (nSPS) is 17.4. The Morgan fingerprint density at radius 1 is 0.909 bits per heavy atom. The zero-order chi connectivity index (χ0) is 30.9. The van der Waals surface area contributed by atoms with Gasteiger partial charge in [0.25, 0.3) is 5.91 Å². The molecule has 0 aliphatic carbocycles. The van der Waals surface area contributed by atoms with Gasteiger partial charge in [-0.1, -0.05) is 64.5 Å². The minimum absolute atomic E-state index is 0.0656. The number of benzene rings is 4. The molecule has 0 fully saturated rings. The molecule has 0 radical (unpaired) electrons. The predicted octanol–water partition coefficient (Wildman–Crippen LogP) is 6.04. The van der Waals surface area contributed by atoms with Crippen LogP contribution in [0.5, 0.6) is 17.2 Å². The van der Waals surface area contributed by atoms with Gasteiger partial charge in [-0.05, 0) is 53.6 Å². The Kier molecular flexibility index (Phi) is 10.2. The molecule has 0 saturated carbocycles. The Hall–Kier alpha value is -4.34. The third kappa shape index (κ3) is 7.06. The lowest BCUT2D eigenvalue weighted by Gasteiger charge is -2.31. The molecule has 0 bridgehead atoms. The van der Waals surface area contributed by atoms with E-state index in [0.717, 1.165) is 26.7 Å².